The van der Waals surface area contributed by atoms with E-state index in [0.717, 1.165) is 0 Å². The van der Waals surface area contributed by atoms with E-state index in [0.29, 0.717) is 0 Å². The Morgan fingerprint density at radius 3 is 1.03 bits per heavy atom. The van der Waals surface area contributed by atoms with E-state index < -0.39 is 0 Å². The molecule has 0 heteroatoms. The molecular formula is C29H54. The van der Waals surface area contributed by atoms with Crippen LogP contribution in [0.25, 0.3) is 0 Å². The van der Waals surface area contributed by atoms with Gasteiger partial charge in [0.2, 0.25) is 0 Å². The van der Waals surface area contributed by atoms with E-state index in [-0.39, 0.29) is 5.41 Å². The Balaban J connectivity index is -0.000000212. The first-order valence-corrected chi connectivity index (χ1v) is 11.6. The minimum absolute atomic E-state index is 0.170. The van der Waals surface area contributed by atoms with E-state index in [1.54, 1.807) is 0 Å². The molecule has 170 valence electrons. The third-order valence-corrected chi connectivity index (χ3v) is 3.77. The van der Waals surface area contributed by atoms with Gasteiger partial charge in [-0.05, 0) is 58.3 Å². The molecular weight excluding hydrogens is 348 g/mol. The minimum Gasteiger partial charge on any atom is -0.0991 e. The SMILES string of the molecule is C=C/C=C\C(=C/C)C(C)(C(/C=C\C)=C/C)C(/C=C\C)=C/C.CC.CC.CC.CC. The van der Waals surface area contributed by atoms with Crippen molar-refractivity contribution in [3.63, 3.8) is 0 Å². The molecule has 0 N–H and O–H groups in total. The van der Waals surface area contributed by atoms with Gasteiger partial charge in [0.25, 0.3) is 0 Å². The van der Waals surface area contributed by atoms with Crippen LogP contribution < -0.4 is 0 Å². The molecule has 0 bridgehead atoms. The predicted octanol–water partition coefficient (Wildman–Crippen LogP) is 10.8. The lowest BCUT2D eigenvalue weighted by molar-refractivity contribution is 0.613. The van der Waals surface area contributed by atoms with Gasteiger partial charge in [0, 0.05) is 5.41 Å². The molecule has 0 spiro atoms. The first kappa shape index (κ1) is 37.9. The van der Waals surface area contributed by atoms with Crippen LogP contribution in [0.15, 0.2) is 84.1 Å². The molecule has 0 nitrogen and oxygen atoms in total. The van der Waals surface area contributed by atoms with Gasteiger partial charge in [-0.15, -0.1) is 0 Å². The van der Waals surface area contributed by atoms with E-state index in [1.165, 1.54) is 16.7 Å². The molecule has 0 rings (SSSR count). The van der Waals surface area contributed by atoms with Crippen LogP contribution in [0.1, 0.15) is 96.9 Å². The van der Waals surface area contributed by atoms with Gasteiger partial charge in [-0.25, -0.2) is 0 Å². The zero-order valence-electron chi connectivity index (χ0n) is 22.5. The maximum Gasteiger partial charge on any atom is 0.0413 e. The van der Waals surface area contributed by atoms with E-state index in [2.05, 4.69) is 96.7 Å². The normalized spacial score (nSPS) is 12.1. The van der Waals surface area contributed by atoms with Crippen LogP contribution in [0.4, 0.5) is 0 Å². The molecule has 0 saturated carbocycles. The summed E-state index contributed by atoms with van der Waals surface area (Å²) in [5.41, 5.74) is 3.67. The standard InChI is InChI=1S/C21H30.4C2H6/c1-8-14-17-20(13-6)21(7,18(11-4)15-9-2)19(12-5)16-10-3;4*1-2/h8-17H,1H2,2-7H3;4*1-2H3/b15-9-,16-10-,17-14-,18-11+,19-12+,20-13+;;;;. The van der Waals surface area contributed by atoms with E-state index >= 15 is 0 Å². The van der Waals surface area contributed by atoms with Crippen LogP contribution >= 0.6 is 0 Å². The van der Waals surface area contributed by atoms with Crippen molar-refractivity contribution in [2.45, 2.75) is 96.9 Å². The number of hydrogen-bond acceptors (Lipinski definition) is 0. The summed E-state index contributed by atoms with van der Waals surface area (Å²) in [7, 11) is 0. The fourth-order valence-electron chi connectivity index (χ4n) is 2.69. The molecule has 0 amide bonds. The van der Waals surface area contributed by atoms with E-state index in [1.807, 2.05) is 67.5 Å². The highest BCUT2D eigenvalue weighted by molar-refractivity contribution is 5.52. The average molecular weight is 403 g/mol. The highest BCUT2D eigenvalue weighted by Gasteiger charge is 2.32. The third-order valence-electron chi connectivity index (χ3n) is 3.77. The summed E-state index contributed by atoms with van der Waals surface area (Å²) >= 11 is 0. The van der Waals surface area contributed by atoms with E-state index in [4.69, 9.17) is 0 Å². The van der Waals surface area contributed by atoms with Crippen LogP contribution in [-0.4, -0.2) is 0 Å². The predicted molar refractivity (Wildman–Crippen MR) is 144 cm³/mol. The minimum atomic E-state index is -0.170. The van der Waals surface area contributed by atoms with Crippen LogP contribution in [-0.2, 0) is 0 Å². The Morgan fingerprint density at radius 2 is 0.828 bits per heavy atom. The monoisotopic (exact) mass is 402 g/mol. The molecule has 0 aromatic rings. The number of hydrogen-bond donors (Lipinski definition) is 0. The van der Waals surface area contributed by atoms with Crippen molar-refractivity contribution in [3.05, 3.63) is 84.1 Å². The Labute approximate surface area is 186 Å². The summed E-state index contributed by atoms with van der Waals surface area (Å²) in [6.07, 6.45) is 21.1. The molecule has 0 fully saturated rings. The van der Waals surface area contributed by atoms with Gasteiger partial charge in [0.15, 0.2) is 0 Å². The third kappa shape index (κ3) is 14.8. The van der Waals surface area contributed by atoms with Crippen molar-refractivity contribution in [2.24, 2.45) is 5.41 Å². The molecule has 0 saturated heterocycles. The summed E-state index contributed by atoms with van der Waals surface area (Å²) in [5.74, 6) is 0. The highest BCUT2D eigenvalue weighted by Crippen LogP contribution is 2.44. The second-order valence-electron chi connectivity index (χ2n) is 4.95. The smallest absolute Gasteiger partial charge is 0.0413 e. The molecule has 0 aromatic carbocycles. The lowest BCUT2D eigenvalue weighted by atomic mass is 9.68. The molecule has 0 radical (unpaired) electrons. The summed E-state index contributed by atoms with van der Waals surface area (Å²) in [5, 5.41) is 0. The van der Waals surface area contributed by atoms with Gasteiger partial charge >= 0.3 is 0 Å². The van der Waals surface area contributed by atoms with Crippen molar-refractivity contribution in [3.8, 4) is 0 Å². The van der Waals surface area contributed by atoms with Crippen LogP contribution in [0.5, 0.6) is 0 Å². The molecule has 0 aliphatic carbocycles. The summed E-state index contributed by atoms with van der Waals surface area (Å²) < 4.78 is 0. The van der Waals surface area contributed by atoms with Crippen molar-refractivity contribution in [1.82, 2.24) is 0 Å². The van der Waals surface area contributed by atoms with Crippen molar-refractivity contribution in [1.29, 1.82) is 0 Å². The molecule has 0 unspecified atom stereocenters. The van der Waals surface area contributed by atoms with Crippen LogP contribution in [0, 0.1) is 5.41 Å². The maximum absolute atomic E-state index is 3.78. The molecule has 0 atom stereocenters. The number of allylic oxidation sites excluding steroid dienone is 13. The van der Waals surface area contributed by atoms with Gasteiger partial charge in [-0.1, -0.05) is 123 Å². The van der Waals surface area contributed by atoms with Gasteiger partial charge in [0.1, 0.15) is 0 Å². The Kier molecular flexibility index (Phi) is 40.3. The van der Waals surface area contributed by atoms with Crippen molar-refractivity contribution in [2.75, 3.05) is 0 Å². The fourth-order valence-corrected chi connectivity index (χ4v) is 2.69. The van der Waals surface area contributed by atoms with E-state index in [9.17, 15) is 0 Å². The molecule has 0 aliphatic heterocycles. The summed E-state index contributed by atoms with van der Waals surface area (Å²) in [4.78, 5) is 0. The van der Waals surface area contributed by atoms with Gasteiger partial charge in [0.05, 0.1) is 0 Å². The Hall–Kier alpha value is -1.82. The Morgan fingerprint density at radius 1 is 0.552 bits per heavy atom. The molecule has 0 aliphatic rings. The second-order valence-corrected chi connectivity index (χ2v) is 4.95. The number of rotatable bonds is 7. The summed E-state index contributed by atoms with van der Waals surface area (Å²) in [6, 6.07) is 0. The quantitative estimate of drug-likeness (QED) is 0.371. The highest BCUT2D eigenvalue weighted by atomic mass is 14.3. The lowest BCUT2D eigenvalue weighted by Crippen LogP contribution is -2.23. The van der Waals surface area contributed by atoms with Crippen LogP contribution in [0.3, 0.4) is 0 Å². The first-order valence-electron chi connectivity index (χ1n) is 11.6. The second kappa shape index (κ2) is 30.9. The summed E-state index contributed by atoms with van der Waals surface area (Å²) in [6.45, 7) is 32.5. The molecule has 29 heavy (non-hydrogen) atoms. The van der Waals surface area contributed by atoms with Gasteiger partial charge in [-0.2, -0.15) is 0 Å². The topological polar surface area (TPSA) is 0 Å². The maximum atomic E-state index is 3.78. The van der Waals surface area contributed by atoms with Gasteiger partial charge in [-0.3, -0.25) is 0 Å². The zero-order valence-corrected chi connectivity index (χ0v) is 22.5. The van der Waals surface area contributed by atoms with Gasteiger partial charge < -0.3 is 0 Å². The molecule has 0 aromatic heterocycles. The first-order chi connectivity index (χ1) is 14.1. The van der Waals surface area contributed by atoms with Crippen molar-refractivity contribution < 1.29 is 0 Å². The van der Waals surface area contributed by atoms with Crippen molar-refractivity contribution >= 4 is 0 Å². The largest absolute Gasteiger partial charge is 0.0991 e. The average Bonchev–Trinajstić information content (AvgIpc) is 2.81. The lowest BCUT2D eigenvalue weighted by Gasteiger charge is -2.34. The zero-order chi connectivity index (χ0) is 24.3. The molecule has 0 heterocycles. The van der Waals surface area contributed by atoms with Crippen LogP contribution in [0.2, 0.25) is 0 Å². The fraction of sp³-hybridized carbons (Fsp3) is 0.517. The Bertz CT molecular complexity index is 474.